The molecule has 2 N–H and O–H groups in total. The lowest BCUT2D eigenvalue weighted by Gasteiger charge is -2.12. The van der Waals surface area contributed by atoms with Gasteiger partial charge in [-0.3, -0.25) is 9.52 Å². The van der Waals surface area contributed by atoms with Crippen molar-refractivity contribution in [2.24, 2.45) is 0 Å². The van der Waals surface area contributed by atoms with Crippen LogP contribution in [0.1, 0.15) is 26.3 Å². The van der Waals surface area contributed by atoms with Gasteiger partial charge in [-0.25, -0.2) is 13.2 Å². The van der Waals surface area contributed by atoms with Gasteiger partial charge in [-0.05, 0) is 29.8 Å². The highest BCUT2D eigenvalue weighted by Crippen LogP contribution is 2.21. The standard InChI is InChI=1S/C18H20N2O6S/c1-25-16-9-8-12(10-14(16)18(22)26-2)11-19-17(21)13-6-4-5-7-15(13)20-27(3,23)24/h4-10,20H,11H2,1-3H3,(H,19,21). The summed E-state index contributed by atoms with van der Waals surface area (Å²) in [7, 11) is -0.816. The molecule has 0 fully saturated rings. The highest BCUT2D eigenvalue weighted by atomic mass is 32.2. The molecule has 0 heterocycles. The van der Waals surface area contributed by atoms with E-state index in [1.54, 1.807) is 30.3 Å². The lowest BCUT2D eigenvalue weighted by atomic mass is 10.1. The van der Waals surface area contributed by atoms with Crippen molar-refractivity contribution < 1.29 is 27.5 Å². The molecule has 0 aliphatic carbocycles. The molecule has 0 atom stereocenters. The molecule has 9 heteroatoms. The van der Waals surface area contributed by atoms with Gasteiger partial charge >= 0.3 is 5.97 Å². The smallest absolute Gasteiger partial charge is 0.341 e. The van der Waals surface area contributed by atoms with Crippen LogP contribution in [0.5, 0.6) is 5.75 Å². The van der Waals surface area contributed by atoms with Crippen molar-refractivity contribution >= 4 is 27.6 Å². The zero-order valence-corrected chi connectivity index (χ0v) is 15.9. The van der Waals surface area contributed by atoms with Crippen LogP contribution in [0.25, 0.3) is 0 Å². The fourth-order valence-corrected chi connectivity index (χ4v) is 2.96. The molecule has 2 rings (SSSR count). The predicted molar refractivity (Wildman–Crippen MR) is 100 cm³/mol. The van der Waals surface area contributed by atoms with Gasteiger partial charge in [0.25, 0.3) is 5.91 Å². The van der Waals surface area contributed by atoms with E-state index in [4.69, 9.17) is 9.47 Å². The summed E-state index contributed by atoms with van der Waals surface area (Å²) < 4.78 is 35.0. The Balaban J connectivity index is 2.18. The number of hydrogen-bond donors (Lipinski definition) is 2. The Bertz CT molecular complexity index is 956. The number of hydrogen-bond acceptors (Lipinski definition) is 6. The Morgan fingerprint density at radius 3 is 2.37 bits per heavy atom. The summed E-state index contributed by atoms with van der Waals surface area (Å²) in [6, 6.07) is 11.1. The number of amides is 1. The second kappa shape index (κ2) is 8.54. The van der Waals surface area contributed by atoms with Crippen LogP contribution in [0.2, 0.25) is 0 Å². The van der Waals surface area contributed by atoms with Crippen LogP contribution in [-0.2, 0) is 21.3 Å². The molecule has 2 aromatic carbocycles. The third-order valence-electron chi connectivity index (χ3n) is 3.59. The number of sulfonamides is 1. The third-order valence-corrected chi connectivity index (χ3v) is 4.18. The summed E-state index contributed by atoms with van der Waals surface area (Å²) in [6.45, 7) is 0.125. The lowest BCUT2D eigenvalue weighted by molar-refractivity contribution is 0.0597. The molecule has 0 spiro atoms. The summed E-state index contributed by atoms with van der Waals surface area (Å²) in [6.07, 6.45) is 1.01. The number of carbonyl (C=O) groups excluding carboxylic acids is 2. The van der Waals surface area contributed by atoms with Crippen LogP contribution >= 0.6 is 0 Å². The van der Waals surface area contributed by atoms with Gasteiger partial charge < -0.3 is 14.8 Å². The monoisotopic (exact) mass is 392 g/mol. The van der Waals surface area contributed by atoms with Crippen LogP contribution in [0.3, 0.4) is 0 Å². The molecular weight excluding hydrogens is 372 g/mol. The molecule has 144 valence electrons. The molecular formula is C18H20N2O6S. The Labute approximate surface area is 157 Å². The molecule has 0 saturated heterocycles. The first kappa shape index (κ1) is 20.2. The van der Waals surface area contributed by atoms with Crippen molar-refractivity contribution in [1.29, 1.82) is 0 Å². The normalized spacial score (nSPS) is 10.8. The average molecular weight is 392 g/mol. The summed E-state index contributed by atoms with van der Waals surface area (Å²) in [5.41, 5.74) is 1.26. The fraction of sp³-hybridized carbons (Fsp3) is 0.222. The number of carbonyl (C=O) groups is 2. The van der Waals surface area contributed by atoms with E-state index in [1.807, 2.05) is 0 Å². The predicted octanol–water partition coefficient (Wildman–Crippen LogP) is 1.78. The fourth-order valence-electron chi connectivity index (χ4n) is 2.38. The number of rotatable bonds is 7. The second-order valence-corrected chi connectivity index (χ2v) is 7.38. The Kier molecular flexibility index (Phi) is 6.40. The summed E-state index contributed by atoms with van der Waals surface area (Å²) in [4.78, 5) is 24.3. The first-order valence-electron chi connectivity index (χ1n) is 7.85. The van der Waals surface area contributed by atoms with E-state index in [9.17, 15) is 18.0 Å². The van der Waals surface area contributed by atoms with Gasteiger partial charge in [-0.15, -0.1) is 0 Å². The van der Waals surface area contributed by atoms with Crippen molar-refractivity contribution in [1.82, 2.24) is 5.32 Å². The third kappa shape index (κ3) is 5.45. The van der Waals surface area contributed by atoms with Gasteiger partial charge in [-0.2, -0.15) is 0 Å². The minimum absolute atomic E-state index is 0.125. The number of anilines is 1. The molecule has 0 radical (unpaired) electrons. The van der Waals surface area contributed by atoms with E-state index in [2.05, 4.69) is 10.0 Å². The number of methoxy groups -OCH3 is 2. The maximum absolute atomic E-state index is 12.5. The number of esters is 1. The topological polar surface area (TPSA) is 111 Å². The first-order valence-corrected chi connectivity index (χ1v) is 9.74. The SMILES string of the molecule is COC(=O)c1cc(CNC(=O)c2ccccc2NS(C)(=O)=O)ccc1OC. The molecule has 2 aromatic rings. The molecule has 0 bridgehead atoms. The minimum atomic E-state index is -3.52. The zero-order chi connectivity index (χ0) is 20.0. The van der Waals surface area contributed by atoms with Crippen molar-refractivity contribution in [3.05, 3.63) is 59.2 Å². The van der Waals surface area contributed by atoms with E-state index in [1.165, 1.54) is 26.4 Å². The van der Waals surface area contributed by atoms with Crippen LogP contribution in [-0.4, -0.2) is 40.8 Å². The average Bonchev–Trinajstić information content (AvgIpc) is 2.64. The van der Waals surface area contributed by atoms with E-state index in [0.29, 0.717) is 11.3 Å². The Morgan fingerprint density at radius 1 is 1.04 bits per heavy atom. The minimum Gasteiger partial charge on any atom is -0.496 e. The van der Waals surface area contributed by atoms with Crippen LogP contribution in [0.15, 0.2) is 42.5 Å². The molecule has 0 unspecified atom stereocenters. The van der Waals surface area contributed by atoms with Gasteiger partial charge in [-0.1, -0.05) is 18.2 Å². The molecule has 0 aliphatic heterocycles. The van der Waals surface area contributed by atoms with E-state index in [0.717, 1.165) is 6.26 Å². The van der Waals surface area contributed by atoms with Crippen molar-refractivity contribution in [3.8, 4) is 5.75 Å². The largest absolute Gasteiger partial charge is 0.496 e. The summed E-state index contributed by atoms with van der Waals surface area (Å²) in [5.74, 6) is -0.653. The van der Waals surface area contributed by atoms with Gasteiger partial charge in [0, 0.05) is 6.54 Å². The summed E-state index contributed by atoms with van der Waals surface area (Å²) in [5, 5.41) is 2.70. The number of para-hydroxylation sites is 1. The summed E-state index contributed by atoms with van der Waals surface area (Å²) >= 11 is 0. The molecule has 0 aromatic heterocycles. The van der Waals surface area contributed by atoms with Crippen molar-refractivity contribution in [2.45, 2.75) is 6.54 Å². The van der Waals surface area contributed by atoms with Gasteiger partial charge in [0.15, 0.2) is 0 Å². The van der Waals surface area contributed by atoms with Crippen molar-refractivity contribution in [2.75, 3.05) is 25.2 Å². The van der Waals surface area contributed by atoms with Crippen LogP contribution < -0.4 is 14.8 Å². The highest BCUT2D eigenvalue weighted by Gasteiger charge is 2.16. The van der Waals surface area contributed by atoms with E-state index >= 15 is 0 Å². The molecule has 8 nitrogen and oxygen atoms in total. The highest BCUT2D eigenvalue weighted by molar-refractivity contribution is 7.92. The molecule has 0 saturated carbocycles. The van der Waals surface area contributed by atoms with Crippen molar-refractivity contribution in [3.63, 3.8) is 0 Å². The number of nitrogens with one attached hydrogen (secondary N) is 2. The Morgan fingerprint density at radius 2 is 1.74 bits per heavy atom. The lowest BCUT2D eigenvalue weighted by Crippen LogP contribution is -2.24. The quantitative estimate of drug-likeness (QED) is 0.695. The van der Waals surface area contributed by atoms with E-state index < -0.39 is 21.9 Å². The number of benzene rings is 2. The van der Waals surface area contributed by atoms with E-state index in [-0.39, 0.29) is 23.4 Å². The van der Waals surface area contributed by atoms with Gasteiger partial charge in [0.2, 0.25) is 10.0 Å². The molecule has 27 heavy (non-hydrogen) atoms. The zero-order valence-electron chi connectivity index (χ0n) is 15.1. The maximum atomic E-state index is 12.5. The first-order chi connectivity index (χ1) is 12.7. The van der Waals surface area contributed by atoms with Gasteiger partial charge in [0.05, 0.1) is 31.7 Å². The Hall–Kier alpha value is -3.07. The van der Waals surface area contributed by atoms with Crippen LogP contribution in [0, 0.1) is 0 Å². The number of ether oxygens (including phenoxy) is 2. The van der Waals surface area contributed by atoms with Crippen LogP contribution in [0.4, 0.5) is 5.69 Å². The van der Waals surface area contributed by atoms with Gasteiger partial charge in [0.1, 0.15) is 11.3 Å². The molecule has 1 amide bonds. The second-order valence-electron chi connectivity index (χ2n) is 5.63. The molecule has 0 aliphatic rings. The maximum Gasteiger partial charge on any atom is 0.341 e.